The standard InChI is InChI=1S/C10H18O2/c1-4-6-9(3)8-12-10(11)7-5-2/h6H,4-5,7-8H2,1-3H3/b9-6+. The summed E-state index contributed by atoms with van der Waals surface area (Å²) >= 11 is 0. The minimum atomic E-state index is -0.0960. The van der Waals surface area contributed by atoms with Crippen LogP contribution in [0, 0.1) is 0 Å². The van der Waals surface area contributed by atoms with Crippen LogP contribution in [0.2, 0.25) is 0 Å². The second kappa shape index (κ2) is 6.89. The second-order valence-corrected chi connectivity index (χ2v) is 2.87. The zero-order valence-electron chi connectivity index (χ0n) is 8.22. The van der Waals surface area contributed by atoms with Crippen molar-refractivity contribution in [3.63, 3.8) is 0 Å². The highest BCUT2D eigenvalue weighted by atomic mass is 16.5. The number of carbonyl (C=O) groups is 1. The van der Waals surface area contributed by atoms with Gasteiger partial charge in [0, 0.05) is 6.42 Å². The molecule has 12 heavy (non-hydrogen) atoms. The van der Waals surface area contributed by atoms with Gasteiger partial charge in [0.05, 0.1) is 0 Å². The van der Waals surface area contributed by atoms with Crippen molar-refractivity contribution in [2.24, 2.45) is 0 Å². The van der Waals surface area contributed by atoms with Crippen molar-refractivity contribution < 1.29 is 9.53 Å². The van der Waals surface area contributed by atoms with E-state index >= 15 is 0 Å². The number of ether oxygens (including phenoxy) is 1. The zero-order valence-corrected chi connectivity index (χ0v) is 8.22. The fourth-order valence-electron chi connectivity index (χ4n) is 0.878. The largest absolute Gasteiger partial charge is 0.461 e. The number of rotatable bonds is 5. The number of carbonyl (C=O) groups excluding carboxylic acids is 1. The molecule has 70 valence electrons. The van der Waals surface area contributed by atoms with Crippen LogP contribution in [0.25, 0.3) is 0 Å². The maximum atomic E-state index is 10.9. The molecule has 0 aromatic carbocycles. The summed E-state index contributed by atoms with van der Waals surface area (Å²) in [7, 11) is 0. The van der Waals surface area contributed by atoms with Gasteiger partial charge >= 0.3 is 5.97 Å². The molecule has 0 aliphatic carbocycles. The minimum Gasteiger partial charge on any atom is -0.461 e. The van der Waals surface area contributed by atoms with Crippen molar-refractivity contribution in [3.8, 4) is 0 Å². The van der Waals surface area contributed by atoms with Gasteiger partial charge in [-0.3, -0.25) is 4.79 Å². The van der Waals surface area contributed by atoms with Gasteiger partial charge in [-0.25, -0.2) is 0 Å². The van der Waals surface area contributed by atoms with Crippen molar-refractivity contribution in [2.45, 2.75) is 40.0 Å². The number of allylic oxidation sites excluding steroid dienone is 1. The van der Waals surface area contributed by atoms with Crippen molar-refractivity contribution in [2.75, 3.05) is 6.61 Å². The second-order valence-electron chi connectivity index (χ2n) is 2.87. The fourth-order valence-corrected chi connectivity index (χ4v) is 0.878. The van der Waals surface area contributed by atoms with Crippen molar-refractivity contribution in [1.29, 1.82) is 0 Å². The lowest BCUT2D eigenvalue weighted by Crippen LogP contribution is -2.05. The molecule has 0 aromatic heterocycles. The lowest BCUT2D eigenvalue weighted by molar-refractivity contribution is -0.142. The van der Waals surface area contributed by atoms with E-state index in [0.717, 1.165) is 18.4 Å². The van der Waals surface area contributed by atoms with Crippen LogP contribution < -0.4 is 0 Å². The maximum Gasteiger partial charge on any atom is 0.306 e. The molecular formula is C10H18O2. The predicted octanol–water partition coefficient (Wildman–Crippen LogP) is 2.69. The van der Waals surface area contributed by atoms with Crippen molar-refractivity contribution in [3.05, 3.63) is 11.6 Å². The summed E-state index contributed by atoms with van der Waals surface area (Å²) in [5.41, 5.74) is 1.13. The van der Waals surface area contributed by atoms with Crippen LogP contribution in [0.5, 0.6) is 0 Å². The Morgan fingerprint density at radius 2 is 2.08 bits per heavy atom. The molecule has 0 aromatic rings. The van der Waals surface area contributed by atoms with Crippen LogP contribution >= 0.6 is 0 Å². The first-order valence-corrected chi connectivity index (χ1v) is 4.52. The summed E-state index contributed by atoms with van der Waals surface area (Å²) < 4.78 is 4.99. The molecule has 0 atom stereocenters. The highest BCUT2D eigenvalue weighted by molar-refractivity contribution is 5.69. The lowest BCUT2D eigenvalue weighted by Gasteiger charge is -2.03. The molecule has 0 aliphatic heterocycles. The van der Waals surface area contributed by atoms with E-state index in [0.29, 0.717) is 13.0 Å². The first-order chi connectivity index (χ1) is 5.70. The Bertz CT molecular complexity index is 159. The summed E-state index contributed by atoms with van der Waals surface area (Å²) in [5, 5.41) is 0. The average Bonchev–Trinajstić information content (AvgIpc) is 2.02. The Balaban J connectivity index is 3.53. The third-order valence-corrected chi connectivity index (χ3v) is 1.47. The van der Waals surface area contributed by atoms with Crippen LogP contribution in [0.15, 0.2) is 11.6 Å². The molecule has 0 N–H and O–H groups in total. The minimum absolute atomic E-state index is 0.0960. The molecule has 0 radical (unpaired) electrons. The van der Waals surface area contributed by atoms with Crippen LogP contribution in [-0.2, 0) is 9.53 Å². The molecule has 0 fully saturated rings. The van der Waals surface area contributed by atoms with E-state index < -0.39 is 0 Å². The first kappa shape index (κ1) is 11.2. The molecular weight excluding hydrogens is 152 g/mol. The Hall–Kier alpha value is -0.790. The van der Waals surface area contributed by atoms with E-state index in [2.05, 4.69) is 13.0 Å². The third-order valence-electron chi connectivity index (χ3n) is 1.47. The fraction of sp³-hybridized carbons (Fsp3) is 0.700. The summed E-state index contributed by atoms with van der Waals surface area (Å²) in [6.07, 6.45) is 4.45. The highest BCUT2D eigenvalue weighted by Gasteiger charge is 1.99. The summed E-state index contributed by atoms with van der Waals surface area (Å²) in [6, 6.07) is 0. The van der Waals surface area contributed by atoms with Gasteiger partial charge in [-0.15, -0.1) is 0 Å². The predicted molar refractivity (Wildman–Crippen MR) is 49.9 cm³/mol. The quantitative estimate of drug-likeness (QED) is 0.468. The molecule has 0 bridgehead atoms. The Morgan fingerprint density at radius 3 is 2.58 bits per heavy atom. The van der Waals surface area contributed by atoms with Gasteiger partial charge < -0.3 is 4.74 Å². The zero-order chi connectivity index (χ0) is 9.40. The van der Waals surface area contributed by atoms with Gasteiger partial charge in [-0.2, -0.15) is 0 Å². The van der Waals surface area contributed by atoms with E-state index in [1.54, 1.807) is 0 Å². The molecule has 2 nitrogen and oxygen atoms in total. The van der Waals surface area contributed by atoms with E-state index in [4.69, 9.17) is 4.74 Å². The van der Waals surface area contributed by atoms with Gasteiger partial charge in [0.25, 0.3) is 0 Å². The summed E-state index contributed by atoms with van der Waals surface area (Å²) in [6.45, 7) is 6.46. The number of hydrogen-bond acceptors (Lipinski definition) is 2. The molecule has 0 spiro atoms. The van der Waals surface area contributed by atoms with Crippen molar-refractivity contribution in [1.82, 2.24) is 0 Å². The lowest BCUT2D eigenvalue weighted by atomic mass is 10.2. The Morgan fingerprint density at radius 1 is 1.42 bits per heavy atom. The molecule has 0 saturated heterocycles. The maximum absolute atomic E-state index is 10.9. The van der Waals surface area contributed by atoms with E-state index in [1.807, 2.05) is 13.8 Å². The highest BCUT2D eigenvalue weighted by Crippen LogP contribution is 1.98. The van der Waals surface area contributed by atoms with Crippen LogP contribution in [-0.4, -0.2) is 12.6 Å². The monoisotopic (exact) mass is 170 g/mol. The van der Waals surface area contributed by atoms with Gasteiger partial charge in [0.1, 0.15) is 6.61 Å². The Labute approximate surface area is 74.6 Å². The van der Waals surface area contributed by atoms with Gasteiger partial charge in [-0.05, 0) is 25.3 Å². The van der Waals surface area contributed by atoms with E-state index in [9.17, 15) is 4.79 Å². The average molecular weight is 170 g/mol. The van der Waals surface area contributed by atoms with Crippen LogP contribution in [0.1, 0.15) is 40.0 Å². The molecule has 2 heteroatoms. The van der Waals surface area contributed by atoms with Gasteiger partial charge in [0.2, 0.25) is 0 Å². The van der Waals surface area contributed by atoms with Crippen LogP contribution in [0.4, 0.5) is 0 Å². The normalized spacial score (nSPS) is 11.4. The Kier molecular flexibility index (Phi) is 6.44. The summed E-state index contributed by atoms with van der Waals surface area (Å²) in [4.78, 5) is 10.9. The molecule has 0 amide bonds. The van der Waals surface area contributed by atoms with E-state index in [1.165, 1.54) is 0 Å². The third kappa shape index (κ3) is 5.96. The molecule has 0 unspecified atom stereocenters. The first-order valence-electron chi connectivity index (χ1n) is 4.52. The van der Waals surface area contributed by atoms with Gasteiger partial charge in [-0.1, -0.05) is 19.9 Å². The molecule has 0 saturated carbocycles. The smallest absolute Gasteiger partial charge is 0.306 e. The van der Waals surface area contributed by atoms with E-state index in [-0.39, 0.29) is 5.97 Å². The molecule has 0 aliphatic rings. The summed E-state index contributed by atoms with van der Waals surface area (Å²) in [5.74, 6) is -0.0960. The molecule has 0 heterocycles. The van der Waals surface area contributed by atoms with Crippen LogP contribution in [0.3, 0.4) is 0 Å². The number of hydrogen-bond donors (Lipinski definition) is 0. The SMILES string of the molecule is CC/C=C(\C)COC(=O)CCC. The van der Waals surface area contributed by atoms with Crippen molar-refractivity contribution >= 4 is 5.97 Å². The van der Waals surface area contributed by atoms with Gasteiger partial charge in [0.15, 0.2) is 0 Å². The molecule has 0 rings (SSSR count). The topological polar surface area (TPSA) is 26.3 Å². The number of esters is 1.